The number of carbonyl (C=O) groups is 1. The molecule has 3 rings (SSSR count). The summed E-state index contributed by atoms with van der Waals surface area (Å²) in [7, 11) is 1.66. The van der Waals surface area contributed by atoms with Crippen LogP contribution in [0.4, 0.5) is 5.82 Å². The van der Waals surface area contributed by atoms with Gasteiger partial charge in [0, 0.05) is 18.7 Å². The Morgan fingerprint density at radius 2 is 2.07 bits per heavy atom. The van der Waals surface area contributed by atoms with Crippen molar-refractivity contribution in [2.24, 2.45) is 0 Å². The van der Waals surface area contributed by atoms with Crippen molar-refractivity contribution in [3.05, 3.63) is 46.6 Å². The number of methoxy groups -OCH3 is 1. The maximum atomic E-state index is 12.5. The van der Waals surface area contributed by atoms with Crippen LogP contribution >= 0.6 is 11.3 Å². The van der Waals surface area contributed by atoms with E-state index in [0.717, 1.165) is 45.8 Å². The molecule has 0 bridgehead atoms. The number of thiophene rings is 1. The van der Waals surface area contributed by atoms with Crippen molar-refractivity contribution in [2.75, 3.05) is 19.0 Å². The van der Waals surface area contributed by atoms with Gasteiger partial charge in [-0.15, -0.1) is 11.3 Å². The first kappa shape index (κ1) is 19.1. The second-order valence-corrected chi connectivity index (χ2v) is 7.23. The molecule has 0 aliphatic carbocycles. The standard InChI is InChI=1S/C20H24N4O2S/c1-4-5-10-21-19(25)17-13(2)16-18(23-12-24-20(16)27-17)22-11-14-8-6-7-9-15(14)26-3/h6-9,12H,4-5,10-11H2,1-3H3,(H,21,25)(H,22,23,24). The highest BCUT2D eigenvalue weighted by Crippen LogP contribution is 2.33. The number of unbranched alkanes of at least 4 members (excludes halogenated alkanes) is 1. The number of anilines is 1. The normalized spacial score (nSPS) is 10.8. The molecule has 6 nitrogen and oxygen atoms in total. The molecule has 0 radical (unpaired) electrons. The molecule has 0 aliphatic rings. The van der Waals surface area contributed by atoms with Crippen molar-refractivity contribution in [3.8, 4) is 5.75 Å². The van der Waals surface area contributed by atoms with Gasteiger partial charge in [0.1, 0.15) is 22.7 Å². The minimum atomic E-state index is -0.0420. The molecule has 2 N–H and O–H groups in total. The molecule has 0 saturated carbocycles. The fourth-order valence-corrected chi connectivity index (χ4v) is 3.97. The fourth-order valence-electron chi connectivity index (χ4n) is 2.91. The lowest BCUT2D eigenvalue weighted by atomic mass is 10.1. The fraction of sp³-hybridized carbons (Fsp3) is 0.350. The minimum Gasteiger partial charge on any atom is -0.496 e. The molecule has 0 fully saturated rings. The molecular formula is C20H24N4O2S. The van der Waals surface area contributed by atoms with E-state index in [1.54, 1.807) is 7.11 Å². The topological polar surface area (TPSA) is 76.1 Å². The van der Waals surface area contributed by atoms with Crippen LogP contribution in [-0.4, -0.2) is 29.5 Å². The third kappa shape index (κ3) is 4.19. The zero-order valence-corrected chi connectivity index (χ0v) is 16.7. The summed E-state index contributed by atoms with van der Waals surface area (Å²) in [5, 5.41) is 7.25. The molecular weight excluding hydrogens is 360 g/mol. The number of rotatable bonds is 8. The number of carbonyl (C=O) groups excluding carboxylic acids is 1. The predicted octanol–water partition coefficient (Wildman–Crippen LogP) is 4.15. The number of fused-ring (bicyclic) bond motifs is 1. The van der Waals surface area contributed by atoms with Gasteiger partial charge in [0.2, 0.25) is 0 Å². The molecule has 1 aromatic carbocycles. The van der Waals surface area contributed by atoms with E-state index in [1.807, 2.05) is 31.2 Å². The maximum absolute atomic E-state index is 12.5. The summed E-state index contributed by atoms with van der Waals surface area (Å²) in [6.07, 6.45) is 3.55. The minimum absolute atomic E-state index is 0.0420. The molecule has 0 spiro atoms. The Hall–Kier alpha value is -2.67. The number of aryl methyl sites for hydroxylation is 1. The van der Waals surface area contributed by atoms with E-state index in [1.165, 1.54) is 17.7 Å². The molecule has 7 heteroatoms. The van der Waals surface area contributed by atoms with Crippen LogP contribution in [0.1, 0.15) is 40.6 Å². The van der Waals surface area contributed by atoms with Crippen LogP contribution in [0.5, 0.6) is 5.75 Å². The number of amides is 1. The van der Waals surface area contributed by atoms with Crippen LogP contribution in [0.25, 0.3) is 10.2 Å². The number of hydrogen-bond donors (Lipinski definition) is 2. The summed E-state index contributed by atoms with van der Waals surface area (Å²) in [4.78, 5) is 22.8. The lowest BCUT2D eigenvalue weighted by Crippen LogP contribution is -2.23. The summed E-state index contributed by atoms with van der Waals surface area (Å²) < 4.78 is 5.40. The van der Waals surface area contributed by atoms with E-state index in [0.29, 0.717) is 18.0 Å². The zero-order chi connectivity index (χ0) is 19.2. The molecule has 1 amide bonds. The lowest BCUT2D eigenvalue weighted by molar-refractivity contribution is 0.0957. The molecule has 0 saturated heterocycles. The summed E-state index contributed by atoms with van der Waals surface area (Å²) in [5.74, 6) is 1.51. The lowest BCUT2D eigenvalue weighted by Gasteiger charge is -2.10. The number of para-hydroxylation sites is 1. The number of aromatic nitrogens is 2. The largest absolute Gasteiger partial charge is 0.496 e. The van der Waals surface area contributed by atoms with Gasteiger partial charge in [0.05, 0.1) is 17.4 Å². The average molecular weight is 385 g/mol. The van der Waals surface area contributed by atoms with E-state index in [2.05, 4.69) is 27.5 Å². The summed E-state index contributed by atoms with van der Waals surface area (Å²) in [5.41, 5.74) is 1.95. The Labute approximate surface area is 163 Å². The number of nitrogens with zero attached hydrogens (tertiary/aromatic N) is 2. The average Bonchev–Trinajstić information content (AvgIpc) is 3.04. The highest BCUT2D eigenvalue weighted by atomic mass is 32.1. The van der Waals surface area contributed by atoms with Crippen molar-refractivity contribution in [1.29, 1.82) is 0 Å². The van der Waals surface area contributed by atoms with Crippen LogP contribution in [0.2, 0.25) is 0 Å². The smallest absolute Gasteiger partial charge is 0.261 e. The van der Waals surface area contributed by atoms with Gasteiger partial charge in [0.25, 0.3) is 5.91 Å². The van der Waals surface area contributed by atoms with Crippen LogP contribution in [0.3, 0.4) is 0 Å². The Morgan fingerprint density at radius 1 is 1.26 bits per heavy atom. The highest BCUT2D eigenvalue weighted by molar-refractivity contribution is 7.20. The third-order valence-electron chi connectivity index (χ3n) is 4.39. The Morgan fingerprint density at radius 3 is 2.85 bits per heavy atom. The van der Waals surface area contributed by atoms with E-state index in [4.69, 9.17) is 4.74 Å². The van der Waals surface area contributed by atoms with Crippen LogP contribution in [-0.2, 0) is 6.54 Å². The maximum Gasteiger partial charge on any atom is 0.261 e. The van der Waals surface area contributed by atoms with Crippen molar-refractivity contribution >= 4 is 33.3 Å². The number of benzene rings is 1. The van der Waals surface area contributed by atoms with Gasteiger partial charge in [-0.1, -0.05) is 31.5 Å². The number of nitrogens with one attached hydrogen (secondary N) is 2. The quantitative estimate of drug-likeness (QED) is 0.571. The van der Waals surface area contributed by atoms with E-state index in [-0.39, 0.29) is 5.91 Å². The van der Waals surface area contributed by atoms with Gasteiger partial charge < -0.3 is 15.4 Å². The summed E-state index contributed by atoms with van der Waals surface area (Å²) >= 11 is 1.41. The molecule has 0 atom stereocenters. The summed E-state index contributed by atoms with van der Waals surface area (Å²) in [6, 6.07) is 7.86. The second kappa shape index (κ2) is 8.81. The first-order valence-corrected chi connectivity index (χ1v) is 9.85. The molecule has 0 aliphatic heterocycles. The SMILES string of the molecule is CCCCNC(=O)c1sc2ncnc(NCc3ccccc3OC)c2c1C. The van der Waals surface area contributed by atoms with Crippen molar-refractivity contribution in [3.63, 3.8) is 0 Å². The molecule has 2 heterocycles. The van der Waals surface area contributed by atoms with Gasteiger partial charge >= 0.3 is 0 Å². The van der Waals surface area contributed by atoms with Crippen molar-refractivity contribution in [1.82, 2.24) is 15.3 Å². The molecule has 3 aromatic rings. The Kier molecular flexibility index (Phi) is 6.24. The third-order valence-corrected chi connectivity index (χ3v) is 5.59. The van der Waals surface area contributed by atoms with Crippen LogP contribution < -0.4 is 15.4 Å². The predicted molar refractivity (Wildman–Crippen MR) is 110 cm³/mol. The highest BCUT2D eigenvalue weighted by Gasteiger charge is 2.19. The monoisotopic (exact) mass is 384 g/mol. The molecule has 0 unspecified atom stereocenters. The van der Waals surface area contributed by atoms with Gasteiger partial charge in [0.15, 0.2) is 0 Å². The van der Waals surface area contributed by atoms with Gasteiger partial charge in [-0.3, -0.25) is 4.79 Å². The second-order valence-electron chi connectivity index (χ2n) is 6.23. The van der Waals surface area contributed by atoms with Gasteiger partial charge in [-0.25, -0.2) is 9.97 Å². The van der Waals surface area contributed by atoms with Crippen molar-refractivity contribution < 1.29 is 9.53 Å². The Bertz CT molecular complexity index is 939. The first-order chi connectivity index (χ1) is 13.2. The van der Waals surface area contributed by atoms with Crippen LogP contribution in [0, 0.1) is 6.92 Å². The summed E-state index contributed by atoms with van der Waals surface area (Å²) in [6.45, 7) is 5.31. The molecule has 27 heavy (non-hydrogen) atoms. The van der Waals surface area contributed by atoms with E-state index >= 15 is 0 Å². The number of ether oxygens (including phenoxy) is 1. The number of hydrogen-bond acceptors (Lipinski definition) is 6. The van der Waals surface area contributed by atoms with Gasteiger partial charge in [-0.2, -0.15) is 0 Å². The van der Waals surface area contributed by atoms with Crippen LogP contribution in [0.15, 0.2) is 30.6 Å². The zero-order valence-electron chi connectivity index (χ0n) is 15.8. The molecule has 2 aromatic heterocycles. The van der Waals surface area contributed by atoms with Crippen molar-refractivity contribution in [2.45, 2.75) is 33.2 Å². The van der Waals surface area contributed by atoms with E-state index in [9.17, 15) is 4.79 Å². The Balaban J connectivity index is 1.85. The van der Waals surface area contributed by atoms with E-state index < -0.39 is 0 Å². The van der Waals surface area contributed by atoms with Gasteiger partial charge in [-0.05, 0) is 25.0 Å². The first-order valence-electron chi connectivity index (χ1n) is 9.03. The molecule has 142 valence electrons.